The van der Waals surface area contributed by atoms with E-state index < -0.39 is 23.5 Å². The predicted octanol–water partition coefficient (Wildman–Crippen LogP) is 3.53. The molecule has 0 bridgehead atoms. The van der Waals surface area contributed by atoms with Crippen molar-refractivity contribution in [1.29, 1.82) is 0 Å². The summed E-state index contributed by atoms with van der Waals surface area (Å²) in [6.07, 6.45) is 7.60. The lowest BCUT2D eigenvalue weighted by Crippen LogP contribution is -2.57. The number of aliphatic hydroxyl groups excluding tert-OH is 1. The SMILES string of the molecule is C=C1CCC2[C@@](C)(CC[C@@H](O)[C@@]2(C)COC(=O)CCC(=O)O)C1C/C=C1\C=COC1=O. The van der Waals surface area contributed by atoms with Crippen LogP contribution in [0.5, 0.6) is 0 Å². The highest BCUT2D eigenvalue weighted by molar-refractivity contribution is 5.94. The van der Waals surface area contributed by atoms with Gasteiger partial charge in [0.25, 0.3) is 0 Å². The summed E-state index contributed by atoms with van der Waals surface area (Å²) < 4.78 is 10.3. The molecule has 0 aromatic carbocycles. The molecule has 0 saturated heterocycles. The molecular formula is C24H32O7. The summed E-state index contributed by atoms with van der Waals surface area (Å²) in [6, 6.07) is 0. The number of carboxylic acid groups (broad SMARTS) is 1. The van der Waals surface area contributed by atoms with Crippen LogP contribution in [0.4, 0.5) is 0 Å². The molecular weight excluding hydrogens is 400 g/mol. The number of fused-ring (bicyclic) bond motifs is 1. The van der Waals surface area contributed by atoms with E-state index in [1.54, 1.807) is 6.08 Å². The first-order chi connectivity index (χ1) is 14.6. The summed E-state index contributed by atoms with van der Waals surface area (Å²) in [6.45, 7) is 8.54. The van der Waals surface area contributed by atoms with E-state index in [0.29, 0.717) is 18.4 Å². The van der Waals surface area contributed by atoms with E-state index in [9.17, 15) is 19.5 Å². The van der Waals surface area contributed by atoms with Crippen LogP contribution in [0.1, 0.15) is 58.8 Å². The van der Waals surface area contributed by atoms with Crippen molar-refractivity contribution >= 4 is 17.9 Å². The van der Waals surface area contributed by atoms with Crippen molar-refractivity contribution < 1.29 is 34.1 Å². The van der Waals surface area contributed by atoms with Crippen molar-refractivity contribution in [3.8, 4) is 0 Å². The van der Waals surface area contributed by atoms with Gasteiger partial charge in [-0.15, -0.1) is 0 Å². The van der Waals surface area contributed by atoms with E-state index in [2.05, 4.69) is 13.5 Å². The van der Waals surface area contributed by atoms with Gasteiger partial charge in [0.05, 0.1) is 37.4 Å². The van der Waals surface area contributed by atoms with Crippen LogP contribution in [0.3, 0.4) is 0 Å². The second-order valence-corrected chi connectivity index (χ2v) is 9.53. The van der Waals surface area contributed by atoms with Gasteiger partial charge in [-0.05, 0) is 55.4 Å². The number of carboxylic acids is 1. The molecule has 170 valence electrons. The van der Waals surface area contributed by atoms with Gasteiger partial charge >= 0.3 is 17.9 Å². The normalized spacial score (nSPS) is 36.2. The number of carbonyl (C=O) groups excluding carboxylic acids is 2. The number of esters is 2. The Labute approximate surface area is 182 Å². The zero-order chi connectivity index (χ0) is 22.8. The Balaban J connectivity index is 1.78. The molecule has 0 radical (unpaired) electrons. The van der Waals surface area contributed by atoms with Gasteiger partial charge in [-0.25, -0.2) is 4.79 Å². The van der Waals surface area contributed by atoms with Crippen molar-refractivity contribution in [3.63, 3.8) is 0 Å². The highest BCUT2D eigenvalue weighted by atomic mass is 16.5. The number of carbonyl (C=O) groups is 3. The topological polar surface area (TPSA) is 110 Å². The number of rotatable bonds is 7. The Morgan fingerprint density at radius 3 is 2.71 bits per heavy atom. The van der Waals surface area contributed by atoms with Gasteiger partial charge in [-0.2, -0.15) is 0 Å². The van der Waals surface area contributed by atoms with Crippen LogP contribution in [0.15, 0.2) is 36.1 Å². The summed E-state index contributed by atoms with van der Waals surface area (Å²) in [5.74, 6) is -1.72. The third-order valence-electron chi connectivity index (χ3n) is 7.67. The molecule has 2 aliphatic carbocycles. The van der Waals surface area contributed by atoms with Crippen LogP contribution in [-0.2, 0) is 23.9 Å². The van der Waals surface area contributed by atoms with Gasteiger partial charge < -0.3 is 19.7 Å². The van der Waals surface area contributed by atoms with Gasteiger partial charge in [0.15, 0.2) is 0 Å². The zero-order valence-corrected chi connectivity index (χ0v) is 18.3. The number of cyclic esters (lactones) is 1. The van der Waals surface area contributed by atoms with Gasteiger partial charge in [0.2, 0.25) is 0 Å². The quantitative estimate of drug-likeness (QED) is 0.360. The number of aliphatic carboxylic acids is 1. The summed E-state index contributed by atoms with van der Waals surface area (Å²) in [5.41, 5.74) is 0.886. The summed E-state index contributed by atoms with van der Waals surface area (Å²) in [5, 5.41) is 19.7. The molecule has 1 aliphatic heterocycles. The molecule has 0 spiro atoms. The van der Waals surface area contributed by atoms with Crippen LogP contribution in [0.2, 0.25) is 0 Å². The van der Waals surface area contributed by atoms with E-state index in [4.69, 9.17) is 14.6 Å². The van der Waals surface area contributed by atoms with Crippen LogP contribution in [-0.4, -0.2) is 40.8 Å². The van der Waals surface area contributed by atoms with Crippen LogP contribution in [0, 0.1) is 22.7 Å². The maximum Gasteiger partial charge on any atom is 0.342 e. The van der Waals surface area contributed by atoms with E-state index in [-0.39, 0.29) is 42.7 Å². The fraction of sp³-hybridized carbons (Fsp3) is 0.625. The molecule has 2 saturated carbocycles. The monoisotopic (exact) mass is 432 g/mol. The van der Waals surface area contributed by atoms with Crippen molar-refractivity contribution in [2.75, 3.05) is 6.61 Å². The van der Waals surface area contributed by atoms with Crippen LogP contribution < -0.4 is 0 Å². The molecule has 2 unspecified atom stereocenters. The fourth-order valence-electron chi connectivity index (χ4n) is 5.84. The minimum absolute atomic E-state index is 0.0578. The van der Waals surface area contributed by atoms with Crippen LogP contribution in [0.25, 0.3) is 0 Å². The number of hydrogen-bond donors (Lipinski definition) is 2. The van der Waals surface area contributed by atoms with Crippen molar-refractivity contribution in [1.82, 2.24) is 0 Å². The molecule has 7 nitrogen and oxygen atoms in total. The lowest BCUT2D eigenvalue weighted by atomic mass is 9.46. The maximum atomic E-state index is 12.0. The second kappa shape index (κ2) is 8.99. The molecule has 3 rings (SSSR count). The largest absolute Gasteiger partial charge is 0.481 e. The summed E-state index contributed by atoms with van der Waals surface area (Å²) in [7, 11) is 0. The van der Waals surface area contributed by atoms with Gasteiger partial charge in [-0.1, -0.05) is 32.1 Å². The van der Waals surface area contributed by atoms with E-state index in [0.717, 1.165) is 24.8 Å². The van der Waals surface area contributed by atoms with Gasteiger partial charge in [0, 0.05) is 5.41 Å². The van der Waals surface area contributed by atoms with Crippen molar-refractivity contribution in [3.05, 3.63) is 36.1 Å². The first kappa shape index (κ1) is 23.3. The molecule has 2 N–H and O–H groups in total. The smallest absolute Gasteiger partial charge is 0.342 e. The Kier molecular flexibility index (Phi) is 6.74. The molecule has 0 amide bonds. The lowest BCUT2D eigenvalue weighted by Gasteiger charge is -2.60. The average Bonchev–Trinajstić information content (AvgIpc) is 3.12. The second-order valence-electron chi connectivity index (χ2n) is 9.53. The average molecular weight is 433 g/mol. The first-order valence-corrected chi connectivity index (χ1v) is 10.9. The van der Waals surface area contributed by atoms with Crippen LogP contribution >= 0.6 is 0 Å². The van der Waals surface area contributed by atoms with Gasteiger partial charge in [-0.3, -0.25) is 9.59 Å². The molecule has 0 aromatic heterocycles. The molecule has 3 aliphatic rings. The van der Waals surface area contributed by atoms with E-state index >= 15 is 0 Å². The Hall–Kier alpha value is -2.41. The molecule has 2 fully saturated rings. The Morgan fingerprint density at radius 2 is 2.06 bits per heavy atom. The summed E-state index contributed by atoms with van der Waals surface area (Å²) >= 11 is 0. The molecule has 0 aromatic rings. The maximum absolute atomic E-state index is 12.0. The third-order valence-corrected chi connectivity index (χ3v) is 7.67. The predicted molar refractivity (Wildman–Crippen MR) is 113 cm³/mol. The molecule has 7 heteroatoms. The number of allylic oxidation sites excluding steroid dienone is 2. The molecule has 31 heavy (non-hydrogen) atoms. The Bertz CT molecular complexity index is 826. The fourth-order valence-corrected chi connectivity index (χ4v) is 5.84. The number of ether oxygens (including phenoxy) is 2. The van der Waals surface area contributed by atoms with E-state index in [1.165, 1.54) is 6.26 Å². The number of aliphatic hydroxyl groups is 1. The minimum Gasteiger partial charge on any atom is -0.481 e. The molecule has 1 heterocycles. The first-order valence-electron chi connectivity index (χ1n) is 10.9. The highest BCUT2D eigenvalue weighted by Gasteiger charge is 2.58. The Morgan fingerprint density at radius 1 is 1.32 bits per heavy atom. The number of hydrogen-bond acceptors (Lipinski definition) is 6. The molecule has 5 atom stereocenters. The lowest BCUT2D eigenvalue weighted by molar-refractivity contribution is -0.175. The highest BCUT2D eigenvalue weighted by Crippen LogP contribution is 2.61. The van der Waals surface area contributed by atoms with E-state index in [1.807, 2.05) is 13.0 Å². The third kappa shape index (κ3) is 4.61. The van der Waals surface area contributed by atoms with Crippen molar-refractivity contribution in [2.24, 2.45) is 22.7 Å². The minimum atomic E-state index is -1.04. The standard InChI is InChI=1S/C24H32O7/c1-15-4-7-18-23(2,17(15)6-5-16-11-13-30-22(16)29)12-10-19(25)24(18,3)14-31-21(28)9-8-20(26)27/h5,11,13,17-19,25H,1,4,6-10,12,14H2,2-3H3,(H,26,27)/b16-5+/t17?,18?,19-,23+,24+/m1/s1. The van der Waals surface area contributed by atoms with Gasteiger partial charge in [0.1, 0.15) is 0 Å². The zero-order valence-electron chi connectivity index (χ0n) is 18.3. The summed E-state index contributed by atoms with van der Waals surface area (Å²) in [4.78, 5) is 34.5. The van der Waals surface area contributed by atoms with Crippen molar-refractivity contribution in [2.45, 2.75) is 64.9 Å².